The first-order valence-electron chi connectivity index (χ1n) is 7.11. The monoisotopic (exact) mass is 277 g/mol. The molecule has 2 unspecified atom stereocenters. The summed E-state index contributed by atoms with van der Waals surface area (Å²) in [5.41, 5.74) is -0.570. The number of nitrogens with zero attached hydrogens (tertiary/aromatic N) is 3. The average molecular weight is 277 g/mol. The summed E-state index contributed by atoms with van der Waals surface area (Å²) in [5, 5.41) is 19.6. The van der Waals surface area contributed by atoms with Gasteiger partial charge in [0.15, 0.2) is 5.69 Å². The molecule has 0 spiro atoms. The van der Waals surface area contributed by atoms with E-state index >= 15 is 0 Å². The number of fused-ring (bicyclic) bond motifs is 1. The van der Waals surface area contributed by atoms with Crippen LogP contribution >= 0.6 is 0 Å². The third-order valence-electron chi connectivity index (χ3n) is 4.59. The van der Waals surface area contributed by atoms with Gasteiger partial charge in [0.25, 0.3) is 0 Å². The molecule has 1 aliphatic carbocycles. The predicted molar refractivity (Wildman–Crippen MR) is 72.7 cm³/mol. The van der Waals surface area contributed by atoms with E-state index in [0.717, 1.165) is 38.6 Å². The second-order valence-corrected chi connectivity index (χ2v) is 5.81. The molecule has 2 atom stereocenters. The second-order valence-electron chi connectivity index (χ2n) is 5.81. The number of aliphatic hydroxyl groups is 1. The molecule has 108 valence electrons. The Morgan fingerprint density at radius 2 is 2.20 bits per heavy atom. The smallest absolute Gasteiger partial charge is 0.356 e. The van der Waals surface area contributed by atoms with Crippen molar-refractivity contribution in [3.63, 3.8) is 0 Å². The summed E-state index contributed by atoms with van der Waals surface area (Å²) in [6.07, 6.45) is 7.73. The highest BCUT2D eigenvalue weighted by molar-refractivity contribution is 5.85. The van der Waals surface area contributed by atoms with Gasteiger partial charge in [-0.3, -0.25) is 4.98 Å². The molecule has 6 nitrogen and oxygen atoms in total. The van der Waals surface area contributed by atoms with Crippen molar-refractivity contribution < 1.29 is 15.0 Å². The summed E-state index contributed by atoms with van der Waals surface area (Å²) in [5.74, 6) is -0.219. The van der Waals surface area contributed by atoms with Crippen molar-refractivity contribution in [1.82, 2.24) is 9.97 Å². The van der Waals surface area contributed by atoms with Gasteiger partial charge in [-0.05, 0) is 19.3 Å². The minimum absolute atomic E-state index is 0.0352. The molecule has 1 aromatic heterocycles. The molecule has 2 aliphatic rings. The first-order valence-corrected chi connectivity index (χ1v) is 7.11. The summed E-state index contributed by atoms with van der Waals surface area (Å²) in [6, 6.07) is 0. The number of hydrogen-bond acceptors (Lipinski definition) is 5. The highest BCUT2D eigenvalue weighted by Gasteiger charge is 2.43. The maximum absolute atomic E-state index is 11.0. The zero-order valence-electron chi connectivity index (χ0n) is 11.3. The predicted octanol–water partition coefficient (Wildman–Crippen LogP) is 1.31. The molecular formula is C14H19N3O3. The molecule has 6 heteroatoms. The molecule has 1 saturated carbocycles. The third-order valence-corrected chi connectivity index (χ3v) is 4.59. The third kappa shape index (κ3) is 2.35. The van der Waals surface area contributed by atoms with Crippen LogP contribution in [0.5, 0.6) is 0 Å². The maximum atomic E-state index is 11.0. The first kappa shape index (κ1) is 13.3. The number of carboxylic acids is 1. The van der Waals surface area contributed by atoms with E-state index in [-0.39, 0.29) is 11.6 Å². The lowest BCUT2D eigenvalue weighted by molar-refractivity contribution is -0.0613. The van der Waals surface area contributed by atoms with E-state index in [1.54, 1.807) is 6.20 Å². The van der Waals surface area contributed by atoms with Crippen molar-refractivity contribution in [2.24, 2.45) is 5.92 Å². The van der Waals surface area contributed by atoms with Crippen LogP contribution < -0.4 is 4.90 Å². The van der Waals surface area contributed by atoms with Crippen LogP contribution in [0.1, 0.15) is 42.6 Å². The lowest BCUT2D eigenvalue weighted by Gasteiger charge is -2.47. The summed E-state index contributed by atoms with van der Waals surface area (Å²) in [6.45, 7) is 1.43. The largest absolute Gasteiger partial charge is 0.476 e. The Hall–Kier alpha value is -1.69. The molecule has 0 amide bonds. The Bertz CT molecular complexity index is 522. The summed E-state index contributed by atoms with van der Waals surface area (Å²) in [4.78, 5) is 21.1. The fraction of sp³-hybridized carbons (Fsp3) is 0.643. The van der Waals surface area contributed by atoms with Gasteiger partial charge < -0.3 is 15.1 Å². The summed E-state index contributed by atoms with van der Waals surface area (Å²) >= 11 is 0. The van der Waals surface area contributed by atoms with Crippen LogP contribution in [0.25, 0.3) is 0 Å². The molecule has 0 aromatic carbocycles. The standard InChI is InChI=1S/C14H19N3O3/c18-13(19)11-7-15-8-12(16-11)17-6-5-14(20)4-2-1-3-10(14)9-17/h7-8,10,20H,1-6,9H2,(H,18,19). The van der Waals surface area contributed by atoms with E-state index in [9.17, 15) is 9.90 Å². The van der Waals surface area contributed by atoms with Gasteiger partial charge in [-0.2, -0.15) is 0 Å². The number of aromatic carboxylic acids is 1. The second kappa shape index (κ2) is 5.01. The summed E-state index contributed by atoms with van der Waals surface area (Å²) < 4.78 is 0. The number of hydrogen-bond donors (Lipinski definition) is 2. The molecule has 2 fully saturated rings. The Morgan fingerprint density at radius 1 is 1.35 bits per heavy atom. The molecule has 0 bridgehead atoms. The Morgan fingerprint density at radius 3 is 3.00 bits per heavy atom. The van der Waals surface area contributed by atoms with Crippen molar-refractivity contribution in [2.45, 2.75) is 37.7 Å². The van der Waals surface area contributed by atoms with Gasteiger partial charge in [-0.15, -0.1) is 0 Å². The molecule has 20 heavy (non-hydrogen) atoms. The highest BCUT2D eigenvalue weighted by Crippen LogP contribution is 2.40. The van der Waals surface area contributed by atoms with E-state index in [1.165, 1.54) is 6.20 Å². The van der Waals surface area contributed by atoms with Crippen LogP contribution in [0.3, 0.4) is 0 Å². The van der Waals surface area contributed by atoms with E-state index in [2.05, 4.69) is 9.97 Å². The van der Waals surface area contributed by atoms with Gasteiger partial charge in [-0.1, -0.05) is 12.8 Å². The van der Waals surface area contributed by atoms with Crippen LogP contribution in [-0.4, -0.2) is 44.8 Å². The van der Waals surface area contributed by atoms with Crippen LogP contribution in [0.4, 0.5) is 5.82 Å². The minimum Gasteiger partial charge on any atom is -0.476 e. The quantitative estimate of drug-likeness (QED) is 0.847. The molecule has 3 rings (SSSR count). The topological polar surface area (TPSA) is 86.5 Å². The molecule has 2 N–H and O–H groups in total. The number of aromatic nitrogens is 2. The lowest BCUT2D eigenvalue weighted by atomic mass is 9.71. The van der Waals surface area contributed by atoms with Gasteiger partial charge >= 0.3 is 5.97 Å². The number of anilines is 1. The van der Waals surface area contributed by atoms with E-state index in [4.69, 9.17) is 5.11 Å². The molecule has 1 aromatic rings. The molecule has 1 aliphatic heterocycles. The normalized spacial score (nSPS) is 29.9. The van der Waals surface area contributed by atoms with Gasteiger partial charge in [0.05, 0.1) is 18.0 Å². The number of piperidine rings is 1. The van der Waals surface area contributed by atoms with Crippen molar-refractivity contribution in [2.75, 3.05) is 18.0 Å². The minimum atomic E-state index is -1.06. The first-order chi connectivity index (χ1) is 9.58. The van der Waals surface area contributed by atoms with Crippen molar-refractivity contribution in [3.8, 4) is 0 Å². The van der Waals surface area contributed by atoms with Crippen LogP contribution in [0.15, 0.2) is 12.4 Å². The van der Waals surface area contributed by atoms with Crippen molar-refractivity contribution in [3.05, 3.63) is 18.1 Å². The molecule has 0 radical (unpaired) electrons. The Balaban J connectivity index is 1.79. The van der Waals surface area contributed by atoms with E-state index in [0.29, 0.717) is 12.4 Å². The summed E-state index contributed by atoms with van der Waals surface area (Å²) in [7, 11) is 0. The molecule has 2 heterocycles. The van der Waals surface area contributed by atoms with Gasteiger partial charge in [0.2, 0.25) is 0 Å². The van der Waals surface area contributed by atoms with Crippen molar-refractivity contribution in [1.29, 1.82) is 0 Å². The Labute approximate surface area is 117 Å². The molecule has 1 saturated heterocycles. The number of carbonyl (C=O) groups is 1. The maximum Gasteiger partial charge on any atom is 0.356 e. The lowest BCUT2D eigenvalue weighted by Crippen LogP contribution is -2.53. The highest BCUT2D eigenvalue weighted by atomic mass is 16.4. The average Bonchev–Trinajstić information content (AvgIpc) is 2.46. The van der Waals surface area contributed by atoms with Crippen molar-refractivity contribution >= 4 is 11.8 Å². The fourth-order valence-corrected chi connectivity index (χ4v) is 3.39. The molecular weight excluding hydrogens is 258 g/mol. The Kier molecular flexibility index (Phi) is 3.33. The van der Waals surface area contributed by atoms with Crippen LogP contribution in [-0.2, 0) is 0 Å². The van der Waals surface area contributed by atoms with E-state index < -0.39 is 11.6 Å². The number of rotatable bonds is 2. The van der Waals surface area contributed by atoms with Crippen LogP contribution in [0.2, 0.25) is 0 Å². The number of carboxylic acid groups (broad SMARTS) is 1. The van der Waals surface area contributed by atoms with Gasteiger partial charge in [0.1, 0.15) is 5.82 Å². The zero-order valence-corrected chi connectivity index (χ0v) is 11.3. The van der Waals surface area contributed by atoms with Gasteiger partial charge in [-0.25, -0.2) is 9.78 Å². The SMILES string of the molecule is O=C(O)c1cncc(N2CCC3(O)CCCCC3C2)n1. The fourth-order valence-electron chi connectivity index (χ4n) is 3.39. The zero-order chi connectivity index (χ0) is 14.2. The van der Waals surface area contributed by atoms with Crippen LogP contribution in [0, 0.1) is 5.92 Å². The van der Waals surface area contributed by atoms with E-state index in [1.807, 2.05) is 4.90 Å². The van der Waals surface area contributed by atoms with Gasteiger partial charge in [0, 0.05) is 19.0 Å².